The zero-order valence-electron chi connectivity index (χ0n) is 11.1. The van der Waals surface area contributed by atoms with Crippen molar-refractivity contribution in [2.75, 3.05) is 19.7 Å². The molecule has 7 nitrogen and oxygen atoms in total. The molecule has 0 aliphatic carbocycles. The Bertz CT molecular complexity index is 630. The molecule has 0 heterocycles. The van der Waals surface area contributed by atoms with Crippen LogP contribution < -0.4 is 0 Å². The van der Waals surface area contributed by atoms with Crippen molar-refractivity contribution in [2.45, 2.75) is 18.2 Å². The number of nitro benzene ring substituents is 1. The van der Waals surface area contributed by atoms with Crippen LogP contribution in [-0.4, -0.2) is 42.4 Å². The normalized spacial score (nSPS) is 11.9. The minimum atomic E-state index is -4.05. The lowest BCUT2D eigenvalue weighted by Gasteiger charge is -2.21. The molecule has 1 aromatic carbocycles. The standard InChI is InChI=1S/C11H14Cl2N2O5S/c1-2-5-14(6-7-16)21(19,20)9-4-3-8(12)11(10(9)13)15(17)18/h3-4,16H,2,5-7H2,1H3. The van der Waals surface area contributed by atoms with E-state index in [0.29, 0.717) is 6.42 Å². The first-order valence-corrected chi connectivity index (χ1v) is 8.20. The largest absolute Gasteiger partial charge is 0.395 e. The Morgan fingerprint density at radius 3 is 2.43 bits per heavy atom. The second-order valence-corrected chi connectivity index (χ2v) is 6.78. The van der Waals surface area contributed by atoms with E-state index >= 15 is 0 Å². The Hall–Kier alpha value is -0.930. The molecule has 0 spiro atoms. The van der Waals surface area contributed by atoms with Gasteiger partial charge in [0.15, 0.2) is 0 Å². The van der Waals surface area contributed by atoms with Gasteiger partial charge in [-0.25, -0.2) is 8.42 Å². The van der Waals surface area contributed by atoms with E-state index in [-0.39, 0.29) is 24.7 Å². The van der Waals surface area contributed by atoms with Gasteiger partial charge in [0.1, 0.15) is 14.9 Å². The Balaban J connectivity index is 3.44. The van der Waals surface area contributed by atoms with Crippen LogP contribution in [0.1, 0.15) is 13.3 Å². The highest BCUT2D eigenvalue weighted by atomic mass is 35.5. The average molecular weight is 357 g/mol. The van der Waals surface area contributed by atoms with Crippen molar-refractivity contribution >= 4 is 38.9 Å². The predicted octanol–water partition coefficient (Wildman–Crippen LogP) is 2.29. The molecule has 0 aliphatic heterocycles. The van der Waals surface area contributed by atoms with Gasteiger partial charge in [-0.2, -0.15) is 4.31 Å². The summed E-state index contributed by atoms with van der Waals surface area (Å²) in [6, 6.07) is 2.23. The van der Waals surface area contributed by atoms with E-state index in [1.54, 1.807) is 6.92 Å². The van der Waals surface area contributed by atoms with E-state index in [1.165, 1.54) is 0 Å². The second-order valence-electron chi connectivity index (χ2n) is 4.09. The van der Waals surface area contributed by atoms with Gasteiger partial charge in [-0.1, -0.05) is 30.1 Å². The molecule has 21 heavy (non-hydrogen) atoms. The van der Waals surface area contributed by atoms with Crippen LogP contribution in [0.15, 0.2) is 17.0 Å². The Kier molecular flexibility index (Phi) is 6.36. The van der Waals surface area contributed by atoms with Crippen LogP contribution >= 0.6 is 23.2 Å². The summed E-state index contributed by atoms with van der Waals surface area (Å²) in [6.07, 6.45) is 0.520. The third kappa shape index (κ3) is 3.83. The second kappa shape index (κ2) is 7.37. The lowest BCUT2D eigenvalue weighted by atomic mass is 10.3. The fraction of sp³-hybridized carbons (Fsp3) is 0.455. The molecule has 0 fully saturated rings. The van der Waals surface area contributed by atoms with Gasteiger partial charge in [-0.15, -0.1) is 0 Å². The van der Waals surface area contributed by atoms with Crippen molar-refractivity contribution in [1.29, 1.82) is 0 Å². The fourth-order valence-electron chi connectivity index (χ4n) is 1.74. The highest BCUT2D eigenvalue weighted by Crippen LogP contribution is 2.38. The number of hydrogen-bond acceptors (Lipinski definition) is 5. The van der Waals surface area contributed by atoms with Crippen molar-refractivity contribution in [3.63, 3.8) is 0 Å². The van der Waals surface area contributed by atoms with Crippen molar-refractivity contribution < 1.29 is 18.4 Å². The number of nitrogens with zero attached hydrogens (tertiary/aromatic N) is 2. The molecule has 0 unspecified atom stereocenters. The smallest absolute Gasteiger partial charge is 0.307 e. The van der Waals surface area contributed by atoms with E-state index in [9.17, 15) is 18.5 Å². The maximum absolute atomic E-state index is 12.5. The van der Waals surface area contributed by atoms with Crippen LogP contribution in [0.25, 0.3) is 0 Å². The van der Waals surface area contributed by atoms with Crippen molar-refractivity contribution in [2.24, 2.45) is 0 Å². The van der Waals surface area contributed by atoms with Crippen LogP contribution in [0.4, 0.5) is 5.69 Å². The molecule has 118 valence electrons. The van der Waals surface area contributed by atoms with Crippen LogP contribution in [0.2, 0.25) is 10.0 Å². The summed E-state index contributed by atoms with van der Waals surface area (Å²) in [6.45, 7) is 1.44. The molecule has 0 saturated carbocycles. The number of hydrogen-bond donors (Lipinski definition) is 1. The molecule has 0 atom stereocenters. The lowest BCUT2D eigenvalue weighted by molar-refractivity contribution is -0.384. The van der Waals surface area contributed by atoms with Gasteiger partial charge in [0.25, 0.3) is 0 Å². The molecule has 0 aliphatic rings. The lowest BCUT2D eigenvalue weighted by Crippen LogP contribution is -2.34. The van der Waals surface area contributed by atoms with Gasteiger partial charge in [0, 0.05) is 13.1 Å². The summed E-state index contributed by atoms with van der Waals surface area (Å²) in [5.41, 5.74) is -0.653. The highest BCUT2D eigenvalue weighted by molar-refractivity contribution is 7.89. The van der Waals surface area contributed by atoms with Gasteiger partial charge in [-0.05, 0) is 18.6 Å². The summed E-state index contributed by atoms with van der Waals surface area (Å²) in [5.74, 6) is 0. The topological polar surface area (TPSA) is 101 Å². The minimum absolute atomic E-state index is 0.122. The number of nitro groups is 1. The third-order valence-corrected chi connectivity index (χ3v) is 5.39. The number of halogens is 2. The number of rotatable bonds is 7. The van der Waals surface area contributed by atoms with Gasteiger partial charge in [0.2, 0.25) is 10.0 Å². The van der Waals surface area contributed by atoms with E-state index in [0.717, 1.165) is 16.4 Å². The molecule has 1 rings (SSSR count). The van der Waals surface area contributed by atoms with Gasteiger partial charge in [0.05, 0.1) is 11.5 Å². The Morgan fingerprint density at radius 2 is 1.95 bits per heavy atom. The molecule has 1 N–H and O–H groups in total. The quantitative estimate of drug-likeness (QED) is 0.596. The van der Waals surface area contributed by atoms with Crippen LogP contribution in [0, 0.1) is 10.1 Å². The SMILES string of the molecule is CCCN(CCO)S(=O)(=O)c1ccc(Cl)c([N+](=O)[O-])c1Cl. The Labute approximate surface area is 132 Å². The van der Waals surface area contributed by atoms with E-state index < -0.39 is 30.6 Å². The zero-order chi connectivity index (χ0) is 16.2. The summed E-state index contributed by atoms with van der Waals surface area (Å²) >= 11 is 11.5. The maximum atomic E-state index is 12.5. The summed E-state index contributed by atoms with van der Waals surface area (Å²) < 4.78 is 26.0. The predicted molar refractivity (Wildman–Crippen MR) is 79.3 cm³/mol. The molecule has 0 amide bonds. The first kappa shape index (κ1) is 18.1. The molecule has 1 aromatic rings. The molecular formula is C11H14Cl2N2O5S. The fourth-order valence-corrected chi connectivity index (χ4v) is 4.13. The average Bonchev–Trinajstić information content (AvgIpc) is 2.37. The molecule has 0 saturated heterocycles. The van der Waals surface area contributed by atoms with Gasteiger partial charge in [-0.3, -0.25) is 10.1 Å². The summed E-state index contributed by atoms with van der Waals surface area (Å²) in [5, 5.41) is 19.1. The highest BCUT2D eigenvalue weighted by Gasteiger charge is 2.31. The third-order valence-electron chi connectivity index (χ3n) is 2.65. The number of sulfonamides is 1. The minimum Gasteiger partial charge on any atom is -0.395 e. The Morgan fingerprint density at radius 1 is 1.33 bits per heavy atom. The number of aliphatic hydroxyl groups excluding tert-OH is 1. The first-order chi connectivity index (χ1) is 9.77. The molecule has 0 radical (unpaired) electrons. The van der Waals surface area contributed by atoms with Crippen LogP contribution in [0.5, 0.6) is 0 Å². The van der Waals surface area contributed by atoms with Gasteiger partial charge < -0.3 is 5.11 Å². The van der Waals surface area contributed by atoms with Crippen molar-refractivity contribution in [1.82, 2.24) is 4.31 Å². The molecule has 10 heteroatoms. The molecular weight excluding hydrogens is 343 g/mol. The summed E-state index contributed by atoms with van der Waals surface area (Å²) in [7, 11) is -4.05. The van der Waals surface area contributed by atoms with Gasteiger partial charge >= 0.3 is 5.69 Å². The zero-order valence-corrected chi connectivity index (χ0v) is 13.5. The van der Waals surface area contributed by atoms with E-state index in [4.69, 9.17) is 28.3 Å². The van der Waals surface area contributed by atoms with E-state index in [1.807, 2.05) is 0 Å². The number of aliphatic hydroxyl groups is 1. The van der Waals surface area contributed by atoms with Crippen molar-refractivity contribution in [3.8, 4) is 0 Å². The monoisotopic (exact) mass is 356 g/mol. The van der Waals surface area contributed by atoms with Crippen LogP contribution in [-0.2, 0) is 10.0 Å². The van der Waals surface area contributed by atoms with Crippen molar-refractivity contribution in [3.05, 3.63) is 32.3 Å². The maximum Gasteiger partial charge on any atom is 0.307 e. The molecule has 0 aromatic heterocycles. The van der Waals surface area contributed by atoms with E-state index in [2.05, 4.69) is 0 Å². The van der Waals surface area contributed by atoms with Crippen LogP contribution in [0.3, 0.4) is 0 Å². The molecule has 0 bridgehead atoms. The first-order valence-electron chi connectivity index (χ1n) is 6.00. The number of benzene rings is 1. The summed E-state index contributed by atoms with van der Waals surface area (Å²) in [4.78, 5) is 9.70.